The van der Waals surface area contributed by atoms with Crippen molar-refractivity contribution in [2.75, 3.05) is 32.5 Å². The monoisotopic (exact) mass is 419 g/mol. The molecule has 0 aliphatic carbocycles. The number of carboxylic acid groups (broad SMARTS) is 1. The van der Waals surface area contributed by atoms with Crippen molar-refractivity contribution in [2.24, 2.45) is 0 Å². The zero-order valence-electron chi connectivity index (χ0n) is 15.4. The van der Waals surface area contributed by atoms with E-state index >= 15 is 0 Å². The van der Waals surface area contributed by atoms with Crippen molar-refractivity contribution in [2.45, 2.75) is 38.1 Å². The molecule has 152 valence electrons. The summed E-state index contributed by atoms with van der Waals surface area (Å²) in [4.78, 5) is 25.4. The van der Waals surface area contributed by atoms with Crippen molar-refractivity contribution in [1.82, 2.24) is 10.2 Å². The molecule has 0 unspecified atom stereocenters. The molecule has 1 heterocycles. The van der Waals surface area contributed by atoms with Crippen molar-refractivity contribution >= 4 is 41.6 Å². The third-order valence-electron chi connectivity index (χ3n) is 4.60. The first-order valence-corrected chi connectivity index (χ1v) is 9.16. The van der Waals surface area contributed by atoms with E-state index in [0.29, 0.717) is 28.4 Å². The highest BCUT2D eigenvalue weighted by Crippen LogP contribution is 2.29. The third-order valence-corrected chi connectivity index (χ3v) is 4.93. The SMILES string of the molecule is COc1cc(N)c(Cl)cc1C(=O)NC1CCN(CCCCC(=O)O)CC1.Cl. The first kappa shape index (κ1) is 23.3. The smallest absolute Gasteiger partial charge is 0.303 e. The number of carboxylic acids is 1. The average molecular weight is 420 g/mol. The van der Waals surface area contributed by atoms with Crippen molar-refractivity contribution in [1.29, 1.82) is 0 Å². The molecule has 27 heavy (non-hydrogen) atoms. The van der Waals surface area contributed by atoms with Gasteiger partial charge in [-0.3, -0.25) is 9.59 Å². The Hall–Kier alpha value is -1.70. The van der Waals surface area contributed by atoms with Crippen LogP contribution in [0.15, 0.2) is 12.1 Å². The highest BCUT2D eigenvalue weighted by atomic mass is 35.5. The maximum Gasteiger partial charge on any atom is 0.303 e. The van der Waals surface area contributed by atoms with Crippen LogP contribution in [0.5, 0.6) is 5.75 Å². The number of likely N-dealkylation sites (tertiary alicyclic amines) is 1. The summed E-state index contributed by atoms with van der Waals surface area (Å²) in [5.74, 6) is -0.562. The number of hydrogen-bond acceptors (Lipinski definition) is 5. The number of carbonyl (C=O) groups is 2. The van der Waals surface area contributed by atoms with Gasteiger partial charge in [-0.1, -0.05) is 11.6 Å². The number of anilines is 1. The molecular formula is C18H27Cl2N3O4. The van der Waals surface area contributed by atoms with E-state index < -0.39 is 5.97 Å². The van der Waals surface area contributed by atoms with Crippen LogP contribution in [0.1, 0.15) is 42.5 Å². The molecule has 0 aromatic heterocycles. The Labute approximate surface area is 170 Å². The summed E-state index contributed by atoms with van der Waals surface area (Å²) < 4.78 is 5.23. The first-order chi connectivity index (χ1) is 12.4. The van der Waals surface area contributed by atoms with Gasteiger partial charge in [0.2, 0.25) is 0 Å². The molecule has 0 bridgehead atoms. The van der Waals surface area contributed by atoms with Crippen LogP contribution in [0.3, 0.4) is 0 Å². The number of aliphatic carboxylic acids is 1. The quantitative estimate of drug-likeness (QED) is 0.441. The van der Waals surface area contributed by atoms with E-state index in [2.05, 4.69) is 10.2 Å². The molecule has 1 fully saturated rings. The van der Waals surface area contributed by atoms with Gasteiger partial charge in [-0.2, -0.15) is 0 Å². The van der Waals surface area contributed by atoms with Gasteiger partial charge in [0.15, 0.2) is 0 Å². The van der Waals surface area contributed by atoms with Gasteiger partial charge in [0.05, 0.1) is 23.4 Å². The average Bonchev–Trinajstić information content (AvgIpc) is 2.61. The predicted molar refractivity (Wildman–Crippen MR) is 108 cm³/mol. The molecule has 9 heteroatoms. The number of methoxy groups -OCH3 is 1. The maximum absolute atomic E-state index is 12.6. The molecule has 0 atom stereocenters. The zero-order valence-corrected chi connectivity index (χ0v) is 16.9. The molecule has 1 aromatic rings. The second-order valence-corrected chi connectivity index (χ2v) is 6.92. The summed E-state index contributed by atoms with van der Waals surface area (Å²) >= 11 is 6.02. The van der Waals surface area contributed by atoms with Crippen LogP contribution in [0, 0.1) is 0 Å². The number of rotatable bonds is 8. The van der Waals surface area contributed by atoms with Gasteiger partial charge < -0.3 is 25.8 Å². The zero-order chi connectivity index (χ0) is 19.1. The van der Waals surface area contributed by atoms with Gasteiger partial charge in [-0.15, -0.1) is 12.4 Å². The van der Waals surface area contributed by atoms with Crippen molar-refractivity contribution in [3.63, 3.8) is 0 Å². The lowest BCUT2D eigenvalue weighted by molar-refractivity contribution is -0.137. The van der Waals surface area contributed by atoms with Gasteiger partial charge >= 0.3 is 5.97 Å². The summed E-state index contributed by atoms with van der Waals surface area (Å²) in [6, 6.07) is 3.18. The Morgan fingerprint density at radius 1 is 1.33 bits per heavy atom. The van der Waals surface area contributed by atoms with E-state index in [9.17, 15) is 9.59 Å². The summed E-state index contributed by atoms with van der Waals surface area (Å²) in [5, 5.41) is 12.0. The summed E-state index contributed by atoms with van der Waals surface area (Å²) in [6.45, 7) is 2.67. The number of nitrogen functional groups attached to an aromatic ring is 1. The fourth-order valence-corrected chi connectivity index (χ4v) is 3.25. The van der Waals surface area contributed by atoms with Crippen LogP contribution < -0.4 is 15.8 Å². The Morgan fingerprint density at radius 2 is 2.00 bits per heavy atom. The number of ether oxygens (including phenoxy) is 1. The van der Waals surface area contributed by atoms with E-state index in [1.807, 2.05) is 0 Å². The van der Waals surface area contributed by atoms with Gasteiger partial charge in [0.25, 0.3) is 5.91 Å². The molecule has 2 rings (SSSR count). The Morgan fingerprint density at radius 3 is 2.59 bits per heavy atom. The van der Waals surface area contributed by atoms with Crippen LogP contribution in [0.2, 0.25) is 5.02 Å². The van der Waals surface area contributed by atoms with E-state index in [1.165, 1.54) is 13.2 Å². The van der Waals surface area contributed by atoms with E-state index in [-0.39, 0.29) is 30.8 Å². The van der Waals surface area contributed by atoms with E-state index in [0.717, 1.165) is 38.9 Å². The number of hydrogen-bond donors (Lipinski definition) is 3. The molecule has 1 saturated heterocycles. The number of nitrogens with zero attached hydrogens (tertiary/aromatic N) is 1. The van der Waals surface area contributed by atoms with Gasteiger partial charge in [0, 0.05) is 31.6 Å². The standard InChI is InChI=1S/C18H26ClN3O4.ClH/c1-26-16-11-15(20)14(19)10-13(16)18(25)21-12-5-8-22(9-6-12)7-3-2-4-17(23)24;/h10-12H,2-9,20H2,1H3,(H,21,25)(H,23,24);1H. The first-order valence-electron chi connectivity index (χ1n) is 8.78. The second kappa shape index (κ2) is 11.2. The lowest BCUT2D eigenvalue weighted by atomic mass is 10.0. The van der Waals surface area contributed by atoms with Gasteiger partial charge in [-0.05, 0) is 38.3 Å². The van der Waals surface area contributed by atoms with E-state index in [4.69, 9.17) is 27.2 Å². The topological polar surface area (TPSA) is 105 Å². The molecule has 1 aromatic carbocycles. The Balaban J connectivity index is 0.00000364. The van der Waals surface area contributed by atoms with Crippen LogP contribution in [0.25, 0.3) is 0 Å². The number of amides is 1. The molecule has 7 nitrogen and oxygen atoms in total. The van der Waals surface area contributed by atoms with E-state index in [1.54, 1.807) is 6.07 Å². The highest BCUT2D eigenvalue weighted by molar-refractivity contribution is 6.33. The summed E-state index contributed by atoms with van der Waals surface area (Å²) in [7, 11) is 1.49. The lowest BCUT2D eigenvalue weighted by Crippen LogP contribution is -2.44. The molecule has 0 saturated carbocycles. The molecule has 4 N–H and O–H groups in total. The number of piperidine rings is 1. The molecule has 0 spiro atoms. The molecule has 1 aliphatic heterocycles. The van der Waals surface area contributed by atoms with Crippen LogP contribution >= 0.6 is 24.0 Å². The number of unbranched alkanes of at least 4 members (excludes halogenated alkanes) is 1. The molecule has 1 aliphatic rings. The minimum absolute atomic E-state index is 0. The normalized spacial score (nSPS) is 15.0. The fraction of sp³-hybridized carbons (Fsp3) is 0.556. The number of nitrogens with two attached hydrogens (primary N) is 1. The minimum Gasteiger partial charge on any atom is -0.496 e. The van der Waals surface area contributed by atoms with Crippen LogP contribution in [-0.4, -0.2) is 54.7 Å². The van der Waals surface area contributed by atoms with Gasteiger partial charge in [0.1, 0.15) is 5.75 Å². The maximum atomic E-state index is 12.6. The van der Waals surface area contributed by atoms with Crippen molar-refractivity contribution in [3.8, 4) is 5.75 Å². The lowest BCUT2D eigenvalue weighted by Gasteiger charge is -2.32. The molecule has 0 radical (unpaired) electrons. The Kier molecular flexibility index (Phi) is 9.69. The number of halogens is 2. The molecule has 1 amide bonds. The number of nitrogens with one attached hydrogen (secondary N) is 1. The number of carbonyl (C=O) groups excluding carboxylic acids is 1. The van der Waals surface area contributed by atoms with Crippen LogP contribution in [-0.2, 0) is 4.79 Å². The second-order valence-electron chi connectivity index (χ2n) is 6.51. The fourth-order valence-electron chi connectivity index (χ4n) is 3.09. The number of benzene rings is 1. The van der Waals surface area contributed by atoms with Crippen molar-refractivity contribution < 1.29 is 19.4 Å². The summed E-state index contributed by atoms with van der Waals surface area (Å²) in [5.41, 5.74) is 6.50. The third kappa shape index (κ3) is 7.08. The predicted octanol–water partition coefficient (Wildman–Crippen LogP) is 2.80. The van der Waals surface area contributed by atoms with Crippen LogP contribution in [0.4, 0.5) is 5.69 Å². The Bertz CT molecular complexity index is 650. The molecular weight excluding hydrogens is 393 g/mol. The van der Waals surface area contributed by atoms with Gasteiger partial charge in [-0.25, -0.2) is 0 Å². The van der Waals surface area contributed by atoms with Crippen molar-refractivity contribution in [3.05, 3.63) is 22.7 Å². The highest BCUT2D eigenvalue weighted by Gasteiger charge is 2.23. The largest absolute Gasteiger partial charge is 0.496 e. The minimum atomic E-state index is -0.746. The summed E-state index contributed by atoms with van der Waals surface area (Å²) in [6.07, 6.45) is 3.51.